The highest BCUT2D eigenvalue weighted by molar-refractivity contribution is 7.44. The van der Waals surface area contributed by atoms with Crippen molar-refractivity contribution in [2.75, 3.05) is 26.4 Å². The maximum atomic E-state index is 15.6. The number of hydrogen-bond acceptors (Lipinski definition) is 20. The number of nitrogens with one attached hydrogen (secondary N) is 4. The first kappa shape index (κ1) is 68.5. The Bertz CT molecular complexity index is 3270. The van der Waals surface area contributed by atoms with Gasteiger partial charge in [0.15, 0.2) is 61.8 Å². The van der Waals surface area contributed by atoms with Crippen LogP contribution in [0.4, 0.5) is 30.7 Å². The van der Waals surface area contributed by atoms with Crippen LogP contribution in [0.15, 0.2) is 87.4 Å². The van der Waals surface area contributed by atoms with Crippen LogP contribution in [0.1, 0.15) is 79.3 Å². The van der Waals surface area contributed by atoms with E-state index in [9.17, 15) is 75.6 Å². The Balaban J connectivity index is 0.000000212. The van der Waals surface area contributed by atoms with E-state index in [1.807, 2.05) is 52.3 Å². The van der Waals surface area contributed by atoms with E-state index in [-0.39, 0.29) is 38.1 Å². The van der Waals surface area contributed by atoms with Crippen molar-refractivity contribution >= 4 is 8.53 Å². The average molecular weight is 1240 g/mol. The maximum Gasteiger partial charge on any atom is 0.330 e. The summed E-state index contributed by atoms with van der Waals surface area (Å²) in [6, 6.07) is 3.84. The number of aromatic amines is 4. The molecule has 0 aromatic carbocycles. The first-order valence-corrected chi connectivity index (χ1v) is 26.6. The fourth-order valence-electron chi connectivity index (χ4n) is 8.63. The Labute approximate surface area is 469 Å². The lowest BCUT2D eigenvalue weighted by Gasteiger charge is -2.38. The summed E-state index contributed by atoms with van der Waals surface area (Å²) in [6.45, 7) is 15.7. The number of ether oxygens (including phenoxy) is 4. The SMILES string of the molecule is CC[C@@]1(F)OC(n2ccc(=O)[nH]c2=O)[C@H](F)[C@@H]1O.O=c1ccn(C2O[C@H](CO)[C@@H](O)[C@H]2F)c(=O)[nH]1.O=c1ccn(C2O[C@](F)(CO)[C@@H](O)[C@H]2F)c(=O)[nH]1.[C-]#[N+]CCOP(O[C@H]1[C@@H](F)C(n2ccc(=O)[nH]c2=O)O[C@]1(F)CC)N(C(C)C)C(C)C. The lowest BCUT2D eigenvalue weighted by Crippen LogP contribution is -2.42. The lowest BCUT2D eigenvalue weighted by atomic mass is 10.1. The van der Waals surface area contributed by atoms with E-state index in [2.05, 4.69) is 9.58 Å². The summed E-state index contributed by atoms with van der Waals surface area (Å²) in [5.74, 6) is -8.05. The van der Waals surface area contributed by atoms with Crippen molar-refractivity contribution in [2.45, 2.75) is 164 Å². The average Bonchev–Trinajstić information content (AvgIpc) is 2.05. The number of hydrogen-bond donors (Lipinski definition) is 9. The second-order valence-electron chi connectivity index (χ2n) is 19.3. The summed E-state index contributed by atoms with van der Waals surface area (Å²) in [5, 5.41) is 45.6. The topological polar surface area (TPSA) is 384 Å². The van der Waals surface area contributed by atoms with E-state index in [4.69, 9.17) is 40.0 Å². The molecule has 8 rings (SSSR count). The van der Waals surface area contributed by atoms with Gasteiger partial charge in [0.25, 0.3) is 36.6 Å². The van der Waals surface area contributed by atoms with Gasteiger partial charge in [0.05, 0.1) is 6.61 Å². The number of aromatic nitrogens is 8. The van der Waals surface area contributed by atoms with Gasteiger partial charge < -0.3 is 58.4 Å². The van der Waals surface area contributed by atoms with Crippen molar-refractivity contribution in [1.82, 2.24) is 42.9 Å². The largest absolute Gasteiger partial charge is 0.394 e. The zero-order valence-electron chi connectivity index (χ0n) is 45.2. The van der Waals surface area contributed by atoms with E-state index in [1.54, 1.807) is 0 Å². The molecule has 8 heterocycles. The number of aliphatic hydroxyl groups is 5. The van der Waals surface area contributed by atoms with Gasteiger partial charge in [-0.1, -0.05) is 13.8 Å². The molecule has 5 unspecified atom stereocenters. The monoisotopic (exact) mass is 1230 g/mol. The standard InChI is InChI=1S/C19H29F2N4O5P.C10H12F2N2O4.C9H10F2N2O5.C9H11FN2O5/c1-7-19(21)16(15(20)17(29-19)24-10-8-14(26)23-18(24)27)30-31(28-11-9-22-6)25(12(2)3)13(4)5;1-2-10(12)7(16)6(11)8(18-10)14-4-3-5(15)13-9(14)17;10-5-6(16)9(11,3-14)18-7(5)13-2-1-4(15)12-8(13)17;10-6-7(15)4(3-13)17-8(6)12-2-1-5(14)11-9(12)16/h8,10,12-13,15-17H,7,9,11H2,1-5H3,(H,23,26,27);3-4,6-8,16H,2H2,1H3,(H,13,15,17);1-2,5-7,14,16H,3H2,(H,12,15,17);1-2,4,6-8,13,15H,3H2,(H,11,14,16)/t15-,16+,17?,19-,31?;6-,7+,8?,10-;5-,6+,7?,9-;4-,6-,7-,8?/m1111/s1. The van der Waals surface area contributed by atoms with Crippen LogP contribution in [0.3, 0.4) is 0 Å². The van der Waals surface area contributed by atoms with Crippen LogP contribution in [-0.4, -0.2) is 180 Å². The zero-order chi connectivity index (χ0) is 62.9. The molecule has 0 bridgehead atoms. The van der Waals surface area contributed by atoms with Gasteiger partial charge in [0, 0.05) is 74.0 Å². The number of halogens is 7. The molecule has 0 radical (unpaired) electrons. The minimum absolute atomic E-state index is 0.0455. The summed E-state index contributed by atoms with van der Waals surface area (Å²) in [7, 11) is -1.93. The van der Waals surface area contributed by atoms with Gasteiger partial charge in [0.1, 0.15) is 31.5 Å². The minimum atomic E-state index is -2.99. The van der Waals surface area contributed by atoms with Crippen molar-refractivity contribution in [2.24, 2.45) is 0 Å². The Morgan fingerprint density at radius 2 is 0.988 bits per heavy atom. The van der Waals surface area contributed by atoms with Gasteiger partial charge in [-0.15, -0.1) is 0 Å². The fraction of sp³-hybridized carbons (Fsp3) is 0.638. The highest BCUT2D eigenvalue weighted by atomic mass is 31.2. The molecule has 0 amide bonds. The van der Waals surface area contributed by atoms with Gasteiger partial charge in [-0.2, -0.15) is 0 Å². The van der Waals surface area contributed by atoms with Gasteiger partial charge in [-0.3, -0.25) is 57.4 Å². The molecular formula is C47H62F7N10O19P. The molecule has 468 valence electrons. The molecule has 4 aromatic heterocycles. The molecule has 17 atom stereocenters. The van der Waals surface area contributed by atoms with E-state index < -0.39 is 164 Å². The van der Waals surface area contributed by atoms with Crippen LogP contribution in [0, 0.1) is 6.57 Å². The second kappa shape index (κ2) is 28.7. The van der Waals surface area contributed by atoms with Gasteiger partial charge >= 0.3 is 22.8 Å². The third kappa shape index (κ3) is 15.2. The van der Waals surface area contributed by atoms with E-state index in [0.29, 0.717) is 9.13 Å². The van der Waals surface area contributed by atoms with Crippen LogP contribution in [0.25, 0.3) is 4.85 Å². The highest BCUT2D eigenvalue weighted by Crippen LogP contribution is 2.54. The number of nitrogens with zero attached hydrogens (tertiary/aromatic N) is 6. The molecule has 37 heteroatoms. The third-order valence-electron chi connectivity index (χ3n) is 13.0. The molecule has 0 saturated carbocycles. The van der Waals surface area contributed by atoms with Crippen molar-refractivity contribution in [3.05, 3.63) is 144 Å². The van der Waals surface area contributed by atoms with Crippen LogP contribution in [-0.2, 0) is 28.0 Å². The number of alkyl halides is 7. The van der Waals surface area contributed by atoms with Gasteiger partial charge in [-0.05, 0) is 27.7 Å². The van der Waals surface area contributed by atoms with Crippen LogP contribution in [0.2, 0.25) is 0 Å². The van der Waals surface area contributed by atoms with Crippen molar-refractivity contribution in [1.29, 1.82) is 0 Å². The third-order valence-corrected chi connectivity index (χ3v) is 15.1. The summed E-state index contributed by atoms with van der Waals surface area (Å²) in [6.07, 6.45) is -19.6. The number of aliphatic hydroxyl groups excluding tert-OH is 5. The predicted molar refractivity (Wildman–Crippen MR) is 275 cm³/mol. The molecule has 4 aliphatic rings. The Hall–Kier alpha value is -6.33. The summed E-state index contributed by atoms with van der Waals surface area (Å²) >= 11 is 0. The van der Waals surface area contributed by atoms with Gasteiger partial charge in [-0.25, -0.2) is 61.2 Å². The molecule has 0 spiro atoms. The van der Waals surface area contributed by atoms with E-state index in [1.165, 1.54) is 13.8 Å². The maximum absolute atomic E-state index is 15.6. The number of H-pyrrole nitrogens is 4. The normalized spacial score (nSPS) is 32.1. The first-order valence-electron chi connectivity index (χ1n) is 25.4. The van der Waals surface area contributed by atoms with Crippen molar-refractivity contribution < 1.29 is 84.3 Å². The highest BCUT2D eigenvalue weighted by Gasteiger charge is 2.60. The molecule has 9 N–H and O–H groups in total. The summed E-state index contributed by atoms with van der Waals surface area (Å²) in [4.78, 5) is 101. The molecular weight excluding hydrogens is 1170 g/mol. The molecule has 0 aliphatic carbocycles. The minimum Gasteiger partial charge on any atom is -0.394 e. The van der Waals surface area contributed by atoms with Crippen LogP contribution >= 0.6 is 8.53 Å². The summed E-state index contributed by atoms with van der Waals surface area (Å²) in [5.41, 5.74) is -6.33. The van der Waals surface area contributed by atoms with Crippen LogP contribution in [0.5, 0.6) is 0 Å². The quantitative estimate of drug-likeness (QED) is 0.0296. The Kier molecular flexibility index (Phi) is 23.4. The Morgan fingerprint density at radius 3 is 1.31 bits per heavy atom. The van der Waals surface area contributed by atoms with Crippen LogP contribution < -0.4 is 45.0 Å². The first-order chi connectivity index (χ1) is 39.4. The van der Waals surface area contributed by atoms with Gasteiger partial charge in [0.2, 0.25) is 18.3 Å². The Morgan fingerprint density at radius 1 is 0.619 bits per heavy atom. The smallest absolute Gasteiger partial charge is 0.330 e. The van der Waals surface area contributed by atoms with E-state index in [0.717, 1.165) is 58.2 Å². The van der Waals surface area contributed by atoms with Crippen molar-refractivity contribution in [3.63, 3.8) is 0 Å². The molecule has 4 aromatic rings. The second-order valence-corrected chi connectivity index (χ2v) is 20.7. The van der Waals surface area contributed by atoms with Crippen molar-refractivity contribution in [3.8, 4) is 0 Å². The molecule has 4 aliphatic heterocycles. The molecule has 84 heavy (non-hydrogen) atoms. The molecule has 4 fully saturated rings. The van der Waals surface area contributed by atoms with E-state index >= 15 is 8.78 Å². The molecule has 29 nitrogen and oxygen atoms in total. The lowest BCUT2D eigenvalue weighted by molar-refractivity contribution is -0.207. The predicted octanol–water partition coefficient (Wildman–Crippen LogP) is -0.466. The zero-order valence-corrected chi connectivity index (χ0v) is 46.1. The number of rotatable bonds is 16. The summed E-state index contributed by atoms with van der Waals surface area (Å²) < 4.78 is 136. The molecule has 4 saturated heterocycles. The fourth-order valence-corrected chi connectivity index (χ4v) is 10.4.